The molecule has 3 nitrogen and oxygen atoms in total. The average molecular weight is 251 g/mol. The Bertz CT molecular complexity index is 320. The fraction of sp³-hybridized carbons (Fsp3) is 0.600. The monoisotopic (exact) mass is 251 g/mol. The molecule has 1 unspecified atom stereocenters. The summed E-state index contributed by atoms with van der Waals surface area (Å²) in [5.41, 5.74) is 1.22. The van der Waals surface area contributed by atoms with E-state index in [-0.39, 0.29) is 6.04 Å². The maximum absolute atomic E-state index is 5.54. The number of nitrogens with one attached hydrogen (secondary N) is 1. The molecule has 0 aromatic heterocycles. The summed E-state index contributed by atoms with van der Waals surface area (Å²) in [6.07, 6.45) is 1.12. The zero-order chi connectivity index (χ0) is 13.2. The summed E-state index contributed by atoms with van der Waals surface area (Å²) < 4.78 is 11.1. The summed E-state index contributed by atoms with van der Waals surface area (Å²) in [6, 6.07) is 8.48. The highest BCUT2D eigenvalue weighted by molar-refractivity contribution is 5.30. The molecule has 1 N–H and O–H groups in total. The second kappa shape index (κ2) is 8.95. The van der Waals surface area contributed by atoms with Crippen LogP contribution < -0.4 is 10.1 Å². The van der Waals surface area contributed by atoms with Gasteiger partial charge in [0.25, 0.3) is 0 Å². The van der Waals surface area contributed by atoms with E-state index < -0.39 is 0 Å². The van der Waals surface area contributed by atoms with E-state index in [2.05, 4.69) is 24.4 Å². The van der Waals surface area contributed by atoms with Crippen LogP contribution in [-0.2, 0) is 4.74 Å². The average Bonchev–Trinajstić information content (AvgIpc) is 2.40. The van der Waals surface area contributed by atoms with Gasteiger partial charge in [-0.1, -0.05) is 19.1 Å². The van der Waals surface area contributed by atoms with E-state index in [1.807, 2.05) is 26.0 Å². The summed E-state index contributed by atoms with van der Waals surface area (Å²) in [5, 5.41) is 3.51. The van der Waals surface area contributed by atoms with Crippen LogP contribution in [0.15, 0.2) is 24.3 Å². The number of hydrogen-bond donors (Lipinski definition) is 1. The Hall–Kier alpha value is -1.06. The Morgan fingerprint density at radius 3 is 2.67 bits per heavy atom. The van der Waals surface area contributed by atoms with Crippen LogP contribution in [0.2, 0.25) is 0 Å². The molecule has 0 radical (unpaired) electrons. The zero-order valence-corrected chi connectivity index (χ0v) is 11.7. The van der Waals surface area contributed by atoms with Gasteiger partial charge in [0.1, 0.15) is 5.75 Å². The molecular weight excluding hydrogens is 226 g/mol. The Labute approximate surface area is 110 Å². The van der Waals surface area contributed by atoms with Gasteiger partial charge in [0.05, 0.1) is 19.3 Å². The maximum Gasteiger partial charge on any atom is 0.119 e. The van der Waals surface area contributed by atoms with Crippen LogP contribution in [0.5, 0.6) is 5.75 Å². The maximum atomic E-state index is 5.54. The third-order valence-electron chi connectivity index (χ3n) is 2.70. The smallest absolute Gasteiger partial charge is 0.119 e. The largest absolute Gasteiger partial charge is 0.494 e. The van der Waals surface area contributed by atoms with Gasteiger partial charge in [-0.15, -0.1) is 0 Å². The minimum atomic E-state index is 0.241. The molecule has 3 heteroatoms. The van der Waals surface area contributed by atoms with Gasteiger partial charge in [-0.05, 0) is 44.5 Å². The van der Waals surface area contributed by atoms with Crippen molar-refractivity contribution >= 4 is 0 Å². The van der Waals surface area contributed by atoms with Crippen molar-refractivity contribution in [1.29, 1.82) is 0 Å². The molecule has 1 aromatic carbocycles. The third kappa shape index (κ3) is 5.07. The fourth-order valence-electron chi connectivity index (χ4n) is 1.82. The first-order valence-electron chi connectivity index (χ1n) is 6.85. The van der Waals surface area contributed by atoms with Crippen molar-refractivity contribution in [3.63, 3.8) is 0 Å². The minimum absolute atomic E-state index is 0.241. The molecule has 1 aromatic rings. The van der Waals surface area contributed by atoms with E-state index in [0.29, 0.717) is 13.2 Å². The van der Waals surface area contributed by atoms with Gasteiger partial charge in [0, 0.05) is 6.61 Å². The Morgan fingerprint density at radius 2 is 2.00 bits per heavy atom. The highest BCUT2D eigenvalue weighted by atomic mass is 16.5. The lowest BCUT2D eigenvalue weighted by Crippen LogP contribution is -2.26. The lowest BCUT2D eigenvalue weighted by Gasteiger charge is -2.19. The second-order valence-electron chi connectivity index (χ2n) is 4.17. The second-order valence-corrected chi connectivity index (χ2v) is 4.17. The molecular formula is C15H25NO2. The fourth-order valence-corrected chi connectivity index (χ4v) is 1.82. The van der Waals surface area contributed by atoms with Crippen LogP contribution in [-0.4, -0.2) is 26.4 Å². The minimum Gasteiger partial charge on any atom is -0.494 e. The van der Waals surface area contributed by atoms with Gasteiger partial charge in [0.15, 0.2) is 0 Å². The molecule has 102 valence electrons. The van der Waals surface area contributed by atoms with Gasteiger partial charge < -0.3 is 14.8 Å². The van der Waals surface area contributed by atoms with Crippen molar-refractivity contribution in [3.05, 3.63) is 29.8 Å². The van der Waals surface area contributed by atoms with Crippen LogP contribution in [0, 0.1) is 0 Å². The molecule has 0 aliphatic carbocycles. The van der Waals surface area contributed by atoms with Crippen molar-refractivity contribution in [2.75, 3.05) is 26.4 Å². The number of hydrogen-bond acceptors (Lipinski definition) is 3. The molecule has 0 aliphatic heterocycles. The molecule has 0 heterocycles. The topological polar surface area (TPSA) is 30.5 Å². The lowest BCUT2D eigenvalue weighted by molar-refractivity contribution is 0.123. The Kier molecular flexibility index (Phi) is 7.46. The summed E-state index contributed by atoms with van der Waals surface area (Å²) in [5.74, 6) is 0.926. The molecule has 1 rings (SSSR count). The van der Waals surface area contributed by atoms with Crippen molar-refractivity contribution in [2.24, 2.45) is 0 Å². The lowest BCUT2D eigenvalue weighted by atomic mass is 10.1. The van der Waals surface area contributed by atoms with Crippen LogP contribution in [0.4, 0.5) is 0 Å². The van der Waals surface area contributed by atoms with Gasteiger partial charge in [-0.3, -0.25) is 0 Å². The third-order valence-corrected chi connectivity index (χ3v) is 2.70. The van der Waals surface area contributed by atoms with Gasteiger partial charge in [-0.25, -0.2) is 0 Å². The van der Waals surface area contributed by atoms with Crippen LogP contribution in [0.25, 0.3) is 0 Å². The van der Waals surface area contributed by atoms with Crippen LogP contribution >= 0.6 is 0 Å². The van der Waals surface area contributed by atoms with E-state index in [1.54, 1.807) is 0 Å². The Morgan fingerprint density at radius 1 is 1.17 bits per heavy atom. The predicted octanol–water partition coefficient (Wildman–Crippen LogP) is 3.16. The van der Waals surface area contributed by atoms with Crippen LogP contribution in [0.3, 0.4) is 0 Å². The molecule has 1 atom stereocenters. The first kappa shape index (κ1) is 15.0. The highest BCUT2D eigenvalue weighted by Gasteiger charge is 2.11. The van der Waals surface area contributed by atoms with Crippen molar-refractivity contribution in [1.82, 2.24) is 5.32 Å². The zero-order valence-electron chi connectivity index (χ0n) is 11.7. The SMILES string of the molecule is CCCNC(COCC)c1cccc(OCC)c1. The summed E-state index contributed by atoms with van der Waals surface area (Å²) in [4.78, 5) is 0. The molecule has 0 amide bonds. The van der Waals surface area contributed by atoms with E-state index >= 15 is 0 Å². The van der Waals surface area contributed by atoms with Gasteiger partial charge in [-0.2, -0.15) is 0 Å². The standard InChI is InChI=1S/C15H25NO2/c1-4-10-16-15(12-17-5-2)13-8-7-9-14(11-13)18-6-3/h7-9,11,15-16H,4-6,10,12H2,1-3H3. The highest BCUT2D eigenvalue weighted by Crippen LogP contribution is 2.20. The first-order chi connectivity index (χ1) is 8.81. The number of benzene rings is 1. The molecule has 0 spiro atoms. The normalized spacial score (nSPS) is 12.4. The molecule has 18 heavy (non-hydrogen) atoms. The number of ether oxygens (including phenoxy) is 2. The van der Waals surface area contributed by atoms with Crippen LogP contribution in [0.1, 0.15) is 38.8 Å². The summed E-state index contributed by atoms with van der Waals surface area (Å²) in [7, 11) is 0. The molecule has 0 saturated heterocycles. The van der Waals surface area contributed by atoms with Crippen molar-refractivity contribution in [3.8, 4) is 5.75 Å². The predicted molar refractivity (Wildman–Crippen MR) is 75.1 cm³/mol. The van der Waals surface area contributed by atoms with E-state index in [9.17, 15) is 0 Å². The van der Waals surface area contributed by atoms with E-state index in [1.165, 1.54) is 5.56 Å². The molecule has 0 aliphatic rings. The van der Waals surface area contributed by atoms with Gasteiger partial charge >= 0.3 is 0 Å². The molecule has 0 saturated carbocycles. The summed E-state index contributed by atoms with van der Waals surface area (Å²) in [6.45, 7) is 9.33. The number of rotatable bonds is 9. The first-order valence-corrected chi connectivity index (χ1v) is 6.85. The molecule has 0 fully saturated rings. The summed E-state index contributed by atoms with van der Waals surface area (Å²) >= 11 is 0. The molecule has 0 bridgehead atoms. The Balaban J connectivity index is 2.72. The van der Waals surface area contributed by atoms with E-state index in [4.69, 9.17) is 9.47 Å². The quantitative estimate of drug-likeness (QED) is 0.731. The van der Waals surface area contributed by atoms with Crippen molar-refractivity contribution < 1.29 is 9.47 Å². The van der Waals surface area contributed by atoms with Gasteiger partial charge in [0.2, 0.25) is 0 Å². The van der Waals surface area contributed by atoms with Crippen molar-refractivity contribution in [2.45, 2.75) is 33.2 Å². The van der Waals surface area contributed by atoms with E-state index in [0.717, 1.165) is 25.3 Å².